The van der Waals surface area contributed by atoms with Crippen molar-refractivity contribution in [3.8, 4) is 0 Å². The highest BCUT2D eigenvalue weighted by molar-refractivity contribution is 7.16. The average molecular weight is 244 g/mol. The van der Waals surface area contributed by atoms with E-state index in [1.54, 1.807) is 18.3 Å². The van der Waals surface area contributed by atoms with Crippen molar-refractivity contribution in [1.29, 1.82) is 0 Å². The fourth-order valence-electron chi connectivity index (χ4n) is 1.15. The van der Waals surface area contributed by atoms with E-state index in [-0.39, 0.29) is 0 Å². The first kappa shape index (κ1) is 10.6. The van der Waals surface area contributed by atoms with Gasteiger partial charge in [0.2, 0.25) is 11.8 Å². The molecule has 2 heterocycles. The first-order chi connectivity index (χ1) is 7.24. The van der Waals surface area contributed by atoms with Gasteiger partial charge in [-0.1, -0.05) is 11.6 Å². The van der Waals surface area contributed by atoms with E-state index in [2.05, 4.69) is 15.5 Å². The Balaban J connectivity index is 1.80. The zero-order valence-corrected chi connectivity index (χ0v) is 9.73. The molecule has 0 radical (unpaired) electrons. The molecular formula is C9H10ClN3OS. The standard InChI is InChI=1S/C9H10ClN3OS/c1-6-12-13-9(14-6)5-11-4-7-2-3-8(10)15-7/h2-3,11H,4-5H2,1H3. The van der Waals surface area contributed by atoms with Crippen LogP contribution in [0.1, 0.15) is 16.7 Å². The van der Waals surface area contributed by atoms with E-state index in [0.717, 1.165) is 10.9 Å². The van der Waals surface area contributed by atoms with Crippen molar-refractivity contribution in [1.82, 2.24) is 15.5 Å². The number of aromatic nitrogens is 2. The summed E-state index contributed by atoms with van der Waals surface area (Å²) < 4.78 is 6.03. The Kier molecular flexibility index (Phi) is 3.35. The Hall–Kier alpha value is -0.910. The normalized spacial score (nSPS) is 10.8. The number of hydrogen-bond donors (Lipinski definition) is 1. The summed E-state index contributed by atoms with van der Waals surface area (Å²) in [5.74, 6) is 1.20. The van der Waals surface area contributed by atoms with Crippen molar-refractivity contribution < 1.29 is 4.42 Å². The zero-order valence-electron chi connectivity index (χ0n) is 8.16. The molecule has 1 N–H and O–H groups in total. The smallest absolute Gasteiger partial charge is 0.230 e. The van der Waals surface area contributed by atoms with Crippen LogP contribution in [0, 0.1) is 6.92 Å². The fourth-order valence-corrected chi connectivity index (χ4v) is 2.21. The molecule has 0 saturated carbocycles. The molecule has 4 nitrogen and oxygen atoms in total. The lowest BCUT2D eigenvalue weighted by molar-refractivity contribution is 0.447. The minimum absolute atomic E-state index is 0.580. The average Bonchev–Trinajstić information content (AvgIpc) is 2.76. The quantitative estimate of drug-likeness (QED) is 0.896. The van der Waals surface area contributed by atoms with Crippen molar-refractivity contribution in [2.45, 2.75) is 20.0 Å². The number of nitrogens with one attached hydrogen (secondary N) is 1. The molecular weight excluding hydrogens is 234 g/mol. The van der Waals surface area contributed by atoms with Gasteiger partial charge in [-0.3, -0.25) is 0 Å². The molecule has 2 aromatic rings. The highest BCUT2D eigenvalue weighted by Gasteiger charge is 2.02. The Bertz CT molecular complexity index is 400. The van der Waals surface area contributed by atoms with Gasteiger partial charge < -0.3 is 9.73 Å². The highest BCUT2D eigenvalue weighted by atomic mass is 35.5. The first-order valence-corrected chi connectivity index (χ1v) is 5.67. The second-order valence-corrected chi connectivity index (χ2v) is 4.82. The number of rotatable bonds is 4. The van der Waals surface area contributed by atoms with E-state index in [4.69, 9.17) is 16.0 Å². The largest absolute Gasteiger partial charge is 0.424 e. The van der Waals surface area contributed by atoms with Gasteiger partial charge in [-0.2, -0.15) is 0 Å². The van der Waals surface area contributed by atoms with Crippen LogP contribution in [0.2, 0.25) is 4.34 Å². The summed E-state index contributed by atoms with van der Waals surface area (Å²) >= 11 is 7.37. The van der Waals surface area contributed by atoms with E-state index < -0.39 is 0 Å². The van der Waals surface area contributed by atoms with Crippen molar-refractivity contribution in [2.24, 2.45) is 0 Å². The minimum atomic E-state index is 0.580. The summed E-state index contributed by atoms with van der Waals surface area (Å²) in [5.41, 5.74) is 0. The topological polar surface area (TPSA) is 51.0 Å². The molecule has 2 rings (SSSR count). The van der Waals surface area contributed by atoms with Gasteiger partial charge in [-0.05, 0) is 12.1 Å². The number of aryl methyl sites for hydroxylation is 1. The number of hydrogen-bond acceptors (Lipinski definition) is 5. The van der Waals surface area contributed by atoms with Crippen molar-refractivity contribution >= 4 is 22.9 Å². The first-order valence-electron chi connectivity index (χ1n) is 4.48. The van der Waals surface area contributed by atoms with Crippen molar-refractivity contribution in [3.05, 3.63) is 33.1 Å². The molecule has 0 bridgehead atoms. The summed E-state index contributed by atoms with van der Waals surface area (Å²) in [4.78, 5) is 1.19. The Morgan fingerprint density at radius 1 is 1.40 bits per heavy atom. The van der Waals surface area contributed by atoms with Crippen LogP contribution in [0.4, 0.5) is 0 Å². The molecule has 15 heavy (non-hydrogen) atoms. The molecule has 0 fully saturated rings. The second kappa shape index (κ2) is 4.74. The van der Waals surface area contributed by atoms with Crippen LogP contribution < -0.4 is 5.32 Å². The number of nitrogens with zero attached hydrogens (tertiary/aromatic N) is 2. The van der Waals surface area contributed by atoms with Crippen LogP contribution in [-0.4, -0.2) is 10.2 Å². The summed E-state index contributed by atoms with van der Waals surface area (Å²) in [5, 5.41) is 10.8. The maximum Gasteiger partial charge on any atom is 0.230 e. The molecule has 0 aromatic carbocycles. The molecule has 0 saturated heterocycles. The predicted octanol–water partition coefficient (Wildman–Crippen LogP) is 2.38. The molecule has 2 aromatic heterocycles. The van der Waals surface area contributed by atoms with Gasteiger partial charge in [-0.15, -0.1) is 21.5 Å². The molecule has 0 unspecified atom stereocenters. The summed E-state index contributed by atoms with van der Waals surface area (Å²) in [6, 6.07) is 3.89. The van der Waals surface area contributed by atoms with Crippen LogP contribution in [-0.2, 0) is 13.1 Å². The number of thiophene rings is 1. The molecule has 0 amide bonds. The Morgan fingerprint density at radius 3 is 2.87 bits per heavy atom. The van der Waals surface area contributed by atoms with Crippen molar-refractivity contribution in [3.63, 3.8) is 0 Å². The SMILES string of the molecule is Cc1nnc(CNCc2ccc(Cl)s2)o1. The highest BCUT2D eigenvalue weighted by Crippen LogP contribution is 2.20. The molecule has 0 aliphatic rings. The lowest BCUT2D eigenvalue weighted by atomic mass is 10.4. The van der Waals surface area contributed by atoms with Crippen LogP contribution in [0.15, 0.2) is 16.5 Å². The molecule has 0 atom stereocenters. The zero-order chi connectivity index (χ0) is 10.7. The van der Waals surface area contributed by atoms with E-state index >= 15 is 0 Å². The Morgan fingerprint density at radius 2 is 2.27 bits per heavy atom. The monoisotopic (exact) mass is 243 g/mol. The third kappa shape index (κ3) is 3.02. The van der Waals surface area contributed by atoms with Crippen LogP contribution in [0.25, 0.3) is 0 Å². The van der Waals surface area contributed by atoms with E-state index in [9.17, 15) is 0 Å². The molecule has 80 valence electrons. The lowest BCUT2D eigenvalue weighted by Crippen LogP contribution is -2.11. The van der Waals surface area contributed by atoms with Gasteiger partial charge >= 0.3 is 0 Å². The third-order valence-electron chi connectivity index (χ3n) is 1.77. The number of halogens is 1. The van der Waals surface area contributed by atoms with Gasteiger partial charge in [0.25, 0.3) is 0 Å². The van der Waals surface area contributed by atoms with E-state index in [1.807, 2.05) is 12.1 Å². The summed E-state index contributed by atoms with van der Waals surface area (Å²) in [6.07, 6.45) is 0. The van der Waals surface area contributed by atoms with Crippen LogP contribution >= 0.6 is 22.9 Å². The van der Waals surface area contributed by atoms with Gasteiger partial charge in [-0.25, -0.2) is 0 Å². The lowest BCUT2D eigenvalue weighted by Gasteiger charge is -1.97. The minimum Gasteiger partial charge on any atom is -0.424 e. The predicted molar refractivity (Wildman–Crippen MR) is 58.9 cm³/mol. The molecule has 0 aliphatic heterocycles. The maximum absolute atomic E-state index is 5.81. The summed E-state index contributed by atoms with van der Waals surface area (Å²) in [7, 11) is 0. The third-order valence-corrected chi connectivity index (χ3v) is 3.00. The molecule has 0 spiro atoms. The Labute approximate surface area is 96.3 Å². The second-order valence-electron chi connectivity index (χ2n) is 3.02. The van der Waals surface area contributed by atoms with Crippen LogP contribution in [0.5, 0.6) is 0 Å². The van der Waals surface area contributed by atoms with E-state index in [0.29, 0.717) is 18.3 Å². The van der Waals surface area contributed by atoms with Crippen LogP contribution in [0.3, 0.4) is 0 Å². The van der Waals surface area contributed by atoms with Gasteiger partial charge in [0.05, 0.1) is 10.9 Å². The molecule has 0 aliphatic carbocycles. The van der Waals surface area contributed by atoms with Crippen molar-refractivity contribution in [2.75, 3.05) is 0 Å². The van der Waals surface area contributed by atoms with Gasteiger partial charge in [0.15, 0.2) is 0 Å². The molecule has 6 heteroatoms. The fraction of sp³-hybridized carbons (Fsp3) is 0.333. The van der Waals surface area contributed by atoms with Gasteiger partial charge in [0, 0.05) is 18.3 Å². The van der Waals surface area contributed by atoms with Gasteiger partial charge in [0.1, 0.15) is 0 Å². The maximum atomic E-state index is 5.81. The summed E-state index contributed by atoms with van der Waals surface area (Å²) in [6.45, 7) is 3.12. The van der Waals surface area contributed by atoms with E-state index in [1.165, 1.54) is 4.88 Å².